The van der Waals surface area contributed by atoms with Crippen molar-refractivity contribution < 1.29 is 4.74 Å². The number of piperidine rings is 1. The number of aliphatic imine (C=N–C) groups is 1. The molecular formula is C18H33IN4O. The Bertz CT molecular complexity index is 417. The summed E-state index contributed by atoms with van der Waals surface area (Å²) < 4.78 is 5.35. The van der Waals surface area contributed by atoms with Crippen molar-refractivity contribution in [2.75, 3.05) is 45.9 Å². The van der Waals surface area contributed by atoms with Crippen molar-refractivity contribution in [3.05, 3.63) is 24.3 Å². The largest absolute Gasteiger partial charge is 0.377 e. The summed E-state index contributed by atoms with van der Waals surface area (Å²) in [7, 11) is 0. The summed E-state index contributed by atoms with van der Waals surface area (Å²) in [5.41, 5.74) is 1.48. The van der Waals surface area contributed by atoms with Crippen molar-refractivity contribution in [3.8, 4) is 0 Å². The van der Waals surface area contributed by atoms with Crippen LogP contribution in [-0.4, -0.2) is 62.8 Å². The van der Waals surface area contributed by atoms with Gasteiger partial charge in [0.15, 0.2) is 5.96 Å². The van der Waals surface area contributed by atoms with E-state index in [-0.39, 0.29) is 24.0 Å². The molecule has 0 aromatic heterocycles. The van der Waals surface area contributed by atoms with Gasteiger partial charge >= 0.3 is 0 Å². The molecule has 0 radical (unpaired) electrons. The van der Waals surface area contributed by atoms with Gasteiger partial charge in [0.2, 0.25) is 0 Å². The van der Waals surface area contributed by atoms with E-state index >= 15 is 0 Å². The van der Waals surface area contributed by atoms with Gasteiger partial charge in [-0.15, -0.1) is 30.6 Å². The highest BCUT2D eigenvalue weighted by atomic mass is 127. The van der Waals surface area contributed by atoms with Gasteiger partial charge in [0, 0.05) is 38.8 Å². The van der Waals surface area contributed by atoms with Crippen molar-refractivity contribution in [2.45, 2.75) is 38.6 Å². The fraction of sp³-hybridized carbons (Fsp3) is 0.722. The predicted octanol–water partition coefficient (Wildman–Crippen LogP) is 2.55. The molecular weight excluding hydrogens is 415 g/mol. The average molecular weight is 448 g/mol. The normalized spacial score (nSPS) is 20.0. The molecule has 0 amide bonds. The maximum absolute atomic E-state index is 5.35. The van der Waals surface area contributed by atoms with E-state index in [1.54, 1.807) is 0 Å². The second-order valence-corrected chi connectivity index (χ2v) is 6.21. The lowest BCUT2D eigenvalue weighted by Crippen LogP contribution is -2.48. The Balaban J connectivity index is 0.00000288. The third-order valence-corrected chi connectivity index (χ3v) is 4.42. The number of halogens is 1. The Morgan fingerprint density at radius 1 is 1.46 bits per heavy atom. The summed E-state index contributed by atoms with van der Waals surface area (Å²) in [6.07, 6.45) is 8.62. The number of rotatable bonds is 7. The highest BCUT2D eigenvalue weighted by Gasteiger charge is 2.18. The van der Waals surface area contributed by atoms with E-state index in [1.807, 2.05) is 6.08 Å². The Kier molecular flexibility index (Phi) is 11.4. The topological polar surface area (TPSA) is 48.9 Å². The van der Waals surface area contributed by atoms with E-state index in [4.69, 9.17) is 9.73 Å². The number of hydrogen-bond acceptors (Lipinski definition) is 3. The molecule has 2 rings (SSSR count). The van der Waals surface area contributed by atoms with E-state index in [0.717, 1.165) is 64.7 Å². The predicted molar refractivity (Wildman–Crippen MR) is 112 cm³/mol. The molecule has 0 unspecified atom stereocenters. The molecule has 1 fully saturated rings. The van der Waals surface area contributed by atoms with Crippen LogP contribution in [0.4, 0.5) is 0 Å². The first-order chi connectivity index (χ1) is 11.3. The number of guanidine groups is 1. The summed E-state index contributed by atoms with van der Waals surface area (Å²) in [5, 5.41) is 6.97. The molecule has 0 bridgehead atoms. The molecule has 0 atom stereocenters. The summed E-state index contributed by atoms with van der Waals surface area (Å²) in [6, 6.07) is 0.524. The van der Waals surface area contributed by atoms with Crippen LogP contribution < -0.4 is 10.6 Å². The minimum atomic E-state index is 0. The van der Waals surface area contributed by atoms with Crippen molar-refractivity contribution in [1.82, 2.24) is 15.5 Å². The zero-order valence-corrected chi connectivity index (χ0v) is 17.3. The molecule has 0 spiro atoms. The van der Waals surface area contributed by atoms with Crippen LogP contribution in [-0.2, 0) is 4.74 Å². The first-order valence-electron chi connectivity index (χ1n) is 8.95. The van der Waals surface area contributed by atoms with Crippen molar-refractivity contribution in [3.63, 3.8) is 0 Å². The summed E-state index contributed by atoms with van der Waals surface area (Å²) in [5.74, 6) is 0.960. The molecule has 0 aliphatic carbocycles. The van der Waals surface area contributed by atoms with E-state index in [9.17, 15) is 0 Å². The summed E-state index contributed by atoms with van der Waals surface area (Å²) in [4.78, 5) is 7.19. The first-order valence-corrected chi connectivity index (χ1v) is 8.95. The fourth-order valence-electron chi connectivity index (χ4n) is 3.06. The van der Waals surface area contributed by atoms with Gasteiger partial charge in [0.1, 0.15) is 0 Å². The molecule has 0 aromatic carbocycles. The summed E-state index contributed by atoms with van der Waals surface area (Å²) >= 11 is 0. The van der Waals surface area contributed by atoms with Crippen LogP contribution in [0.2, 0.25) is 0 Å². The molecule has 0 saturated carbocycles. The standard InChI is InChI=1S/C18H32N4O.HI/c1-3-11-22-12-6-17(7-13-22)21-18(19-4-2)20-10-5-16-8-14-23-15-9-16;/h3,8,17H,1,4-7,9-15H2,2H3,(H2,19,20,21);1H. The second kappa shape index (κ2) is 12.7. The molecule has 2 aliphatic rings. The van der Waals surface area contributed by atoms with E-state index < -0.39 is 0 Å². The number of likely N-dealkylation sites (tertiary alicyclic amines) is 1. The van der Waals surface area contributed by atoms with E-state index in [2.05, 4.69) is 35.1 Å². The van der Waals surface area contributed by atoms with Crippen LogP contribution in [0.3, 0.4) is 0 Å². The van der Waals surface area contributed by atoms with Gasteiger partial charge in [-0.1, -0.05) is 17.7 Å². The van der Waals surface area contributed by atoms with Crippen molar-refractivity contribution in [1.29, 1.82) is 0 Å². The Hall–Kier alpha value is -0.600. The van der Waals surface area contributed by atoms with Gasteiger partial charge in [0.25, 0.3) is 0 Å². The molecule has 6 heteroatoms. The minimum Gasteiger partial charge on any atom is -0.377 e. The quantitative estimate of drug-likeness (QED) is 0.272. The van der Waals surface area contributed by atoms with Gasteiger partial charge < -0.3 is 15.4 Å². The van der Waals surface area contributed by atoms with Crippen molar-refractivity contribution in [2.24, 2.45) is 4.99 Å². The maximum atomic E-state index is 5.35. The van der Waals surface area contributed by atoms with Gasteiger partial charge in [-0.05, 0) is 32.6 Å². The Labute approximate surface area is 164 Å². The molecule has 138 valence electrons. The first kappa shape index (κ1) is 21.4. The van der Waals surface area contributed by atoms with Crippen LogP contribution in [0.25, 0.3) is 0 Å². The summed E-state index contributed by atoms with van der Waals surface area (Å²) in [6.45, 7) is 12.6. The maximum Gasteiger partial charge on any atom is 0.191 e. The number of nitrogens with one attached hydrogen (secondary N) is 2. The molecule has 2 N–H and O–H groups in total. The molecule has 24 heavy (non-hydrogen) atoms. The molecule has 0 aromatic rings. The number of nitrogens with zero attached hydrogens (tertiary/aromatic N) is 2. The zero-order valence-electron chi connectivity index (χ0n) is 14.9. The lowest BCUT2D eigenvalue weighted by atomic mass is 10.1. The van der Waals surface area contributed by atoms with Gasteiger partial charge in [0.05, 0.1) is 13.2 Å². The van der Waals surface area contributed by atoms with Crippen LogP contribution in [0.1, 0.15) is 32.6 Å². The highest BCUT2D eigenvalue weighted by Crippen LogP contribution is 2.12. The SMILES string of the molecule is C=CCN1CCC(NC(=NCCC2=CCOCC2)NCC)CC1.I. The van der Waals surface area contributed by atoms with E-state index in [1.165, 1.54) is 18.4 Å². The Morgan fingerprint density at radius 2 is 2.25 bits per heavy atom. The highest BCUT2D eigenvalue weighted by molar-refractivity contribution is 14.0. The Morgan fingerprint density at radius 3 is 2.88 bits per heavy atom. The molecule has 2 heterocycles. The monoisotopic (exact) mass is 448 g/mol. The number of hydrogen-bond donors (Lipinski definition) is 2. The van der Waals surface area contributed by atoms with E-state index in [0.29, 0.717) is 6.04 Å². The molecule has 5 nitrogen and oxygen atoms in total. The molecule has 1 saturated heterocycles. The fourth-order valence-corrected chi connectivity index (χ4v) is 3.06. The van der Waals surface area contributed by atoms with Crippen LogP contribution in [0.5, 0.6) is 0 Å². The third-order valence-electron chi connectivity index (χ3n) is 4.42. The van der Waals surface area contributed by atoms with Crippen molar-refractivity contribution >= 4 is 29.9 Å². The van der Waals surface area contributed by atoms with Gasteiger partial charge in [-0.25, -0.2) is 0 Å². The lowest BCUT2D eigenvalue weighted by Gasteiger charge is -2.32. The number of ether oxygens (including phenoxy) is 1. The van der Waals surface area contributed by atoms with Crippen LogP contribution in [0.15, 0.2) is 29.3 Å². The third kappa shape index (κ3) is 7.98. The smallest absolute Gasteiger partial charge is 0.191 e. The average Bonchev–Trinajstić information content (AvgIpc) is 2.58. The lowest BCUT2D eigenvalue weighted by molar-refractivity contribution is 0.153. The zero-order chi connectivity index (χ0) is 16.3. The minimum absolute atomic E-state index is 0. The van der Waals surface area contributed by atoms with Crippen LogP contribution in [0, 0.1) is 0 Å². The van der Waals surface area contributed by atoms with Gasteiger partial charge in [-0.3, -0.25) is 9.89 Å². The molecule has 2 aliphatic heterocycles. The second-order valence-electron chi connectivity index (χ2n) is 6.21. The van der Waals surface area contributed by atoms with Crippen LogP contribution >= 0.6 is 24.0 Å². The van der Waals surface area contributed by atoms with Gasteiger partial charge in [-0.2, -0.15) is 0 Å².